The van der Waals surface area contributed by atoms with Crippen LogP contribution in [0.25, 0.3) is 0 Å². The number of aryl methyl sites for hydroxylation is 2. The summed E-state index contributed by atoms with van der Waals surface area (Å²) in [7, 11) is 0. The Hall–Kier alpha value is -1.85. The summed E-state index contributed by atoms with van der Waals surface area (Å²) in [6.45, 7) is 7.37. The highest BCUT2D eigenvalue weighted by Gasteiger charge is 2.16. The Kier molecular flexibility index (Phi) is 4.69. The first kappa shape index (κ1) is 15.2. The number of hydrogen-bond acceptors (Lipinski definition) is 4. The average Bonchev–Trinajstić information content (AvgIpc) is 2.25. The maximum Gasteiger partial charge on any atom is 0.328 e. The van der Waals surface area contributed by atoms with Crippen LogP contribution < -0.4 is 11.2 Å². The Bertz CT molecular complexity index is 563. The molecule has 0 fully saturated rings. The van der Waals surface area contributed by atoms with Gasteiger partial charge in [0.25, 0.3) is 5.56 Å². The van der Waals surface area contributed by atoms with Crippen molar-refractivity contribution in [2.24, 2.45) is 0 Å². The third-order valence-electron chi connectivity index (χ3n) is 2.44. The van der Waals surface area contributed by atoms with Crippen molar-refractivity contribution in [2.75, 3.05) is 0 Å². The van der Waals surface area contributed by atoms with Crippen molar-refractivity contribution < 1.29 is 9.53 Å². The Morgan fingerprint density at radius 1 is 1.37 bits per heavy atom. The lowest BCUT2D eigenvalue weighted by Gasteiger charge is -2.19. The molecule has 0 aliphatic carbocycles. The number of esters is 1. The summed E-state index contributed by atoms with van der Waals surface area (Å²) in [4.78, 5) is 36.7. The molecular formula is C13H20N2O4. The first-order chi connectivity index (χ1) is 8.73. The SMILES string of the molecule is CCc1cn(CCC(=O)OC(C)(C)C)c(=O)[nH]c1=O. The van der Waals surface area contributed by atoms with Crippen LogP contribution in [0.2, 0.25) is 0 Å². The number of H-pyrrole nitrogens is 1. The van der Waals surface area contributed by atoms with Crippen molar-refractivity contribution >= 4 is 5.97 Å². The molecule has 1 rings (SSSR count). The minimum absolute atomic E-state index is 0.0897. The van der Waals surface area contributed by atoms with E-state index in [-0.39, 0.29) is 24.5 Å². The highest BCUT2D eigenvalue weighted by Crippen LogP contribution is 2.08. The van der Waals surface area contributed by atoms with Gasteiger partial charge in [0.05, 0.1) is 6.42 Å². The van der Waals surface area contributed by atoms with Crippen LogP contribution in [0.5, 0.6) is 0 Å². The second-order valence-electron chi connectivity index (χ2n) is 5.30. The maximum atomic E-state index is 11.6. The monoisotopic (exact) mass is 268 g/mol. The van der Waals surface area contributed by atoms with Gasteiger partial charge in [0.2, 0.25) is 0 Å². The maximum absolute atomic E-state index is 11.6. The van der Waals surface area contributed by atoms with Crippen molar-refractivity contribution in [3.05, 3.63) is 32.6 Å². The summed E-state index contributed by atoms with van der Waals surface area (Å²) in [6, 6.07) is 0. The zero-order valence-corrected chi connectivity index (χ0v) is 11.8. The molecule has 19 heavy (non-hydrogen) atoms. The normalized spacial score (nSPS) is 11.4. The standard InChI is InChI=1S/C13H20N2O4/c1-5-9-8-15(12(18)14-11(9)17)7-6-10(16)19-13(2,3)4/h8H,5-7H2,1-4H3,(H,14,17,18). The predicted octanol–water partition coefficient (Wildman–Crippen LogP) is 0.831. The van der Waals surface area contributed by atoms with E-state index in [1.165, 1.54) is 10.8 Å². The molecule has 1 aromatic heterocycles. The fourth-order valence-corrected chi connectivity index (χ4v) is 1.58. The van der Waals surface area contributed by atoms with E-state index in [2.05, 4.69) is 4.98 Å². The quantitative estimate of drug-likeness (QED) is 0.820. The first-order valence-electron chi connectivity index (χ1n) is 6.27. The van der Waals surface area contributed by atoms with Crippen molar-refractivity contribution in [2.45, 2.75) is 52.7 Å². The summed E-state index contributed by atoms with van der Waals surface area (Å²) in [5, 5.41) is 0. The van der Waals surface area contributed by atoms with Gasteiger partial charge in [-0.25, -0.2) is 4.79 Å². The minimum Gasteiger partial charge on any atom is -0.460 e. The summed E-state index contributed by atoms with van der Waals surface area (Å²) in [5.74, 6) is -0.372. The fourth-order valence-electron chi connectivity index (χ4n) is 1.58. The molecule has 0 unspecified atom stereocenters. The van der Waals surface area contributed by atoms with Gasteiger partial charge in [0, 0.05) is 18.3 Å². The Morgan fingerprint density at radius 3 is 2.53 bits per heavy atom. The van der Waals surface area contributed by atoms with Crippen molar-refractivity contribution in [1.29, 1.82) is 0 Å². The van der Waals surface area contributed by atoms with Gasteiger partial charge in [-0.2, -0.15) is 0 Å². The number of rotatable bonds is 4. The van der Waals surface area contributed by atoms with E-state index in [4.69, 9.17) is 4.74 Å². The van der Waals surface area contributed by atoms with Crippen LogP contribution in [0.3, 0.4) is 0 Å². The average molecular weight is 268 g/mol. The number of nitrogens with zero attached hydrogens (tertiary/aromatic N) is 1. The highest BCUT2D eigenvalue weighted by molar-refractivity contribution is 5.69. The highest BCUT2D eigenvalue weighted by atomic mass is 16.6. The van der Waals surface area contributed by atoms with E-state index < -0.39 is 11.3 Å². The van der Waals surface area contributed by atoms with Gasteiger partial charge < -0.3 is 4.74 Å². The van der Waals surface area contributed by atoms with Crippen molar-refractivity contribution in [3.8, 4) is 0 Å². The Labute approximate surface area is 111 Å². The third kappa shape index (κ3) is 4.73. The molecule has 106 valence electrons. The largest absolute Gasteiger partial charge is 0.460 e. The second-order valence-corrected chi connectivity index (χ2v) is 5.30. The number of carbonyl (C=O) groups is 1. The zero-order chi connectivity index (χ0) is 14.6. The lowest BCUT2D eigenvalue weighted by Crippen LogP contribution is -2.32. The lowest BCUT2D eigenvalue weighted by atomic mass is 10.2. The van der Waals surface area contributed by atoms with Gasteiger partial charge in [0.1, 0.15) is 5.60 Å². The van der Waals surface area contributed by atoms with Crippen LogP contribution in [-0.4, -0.2) is 21.1 Å². The third-order valence-corrected chi connectivity index (χ3v) is 2.44. The molecule has 0 aromatic carbocycles. The fraction of sp³-hybridized carbons (Fsp3) is 0.615. The van der Waals surface area contributed by atoms with Crippen LogP contribution in [0.1, 0.15) is 39.7 Å². The smallest absolute Gasteiger partial charge is 0.328 e. The summed E-state index contributed by atoms with van der Waals surface area (Å²) < 4.78 is 6.48. The van der Waals surface area contributed by atoms with Gasteiger partial charge in [-0.1, -0.05) is 6.92 Å². The number of hydrogen-bond donors (Lipinski definition) is 1. The second kappa shape index (κ2) is 5.86. The Morgan fingerprint density at radius 2 is 2.00 bits per heavy atom. The van der Waals surface area contributed by atoms with Gasteiger partial charge in [-0.05, 0) is 27.2 Å². The first-order valence-corrected chi connectivity index (χ1v) is 6.27. The number of carbonyl (C=O) groups excluding carboxylic acids is 1. The van der Waals surface area contributed by atoms with Gasteiger partial charge in [-0.3, -0.25) is 19.1 Å². The molecule has 0 aliphatic heterocycles. The molecule has 0 aliphatic rings. The van der Waals surface area contributed by atoms with E-state index in [0.717, 1.165) is 0 Å². The molecule has 0 amide bonds. The van der Waals surface area contributed by atoms with Crippen LogP contribution in [0.4, 0.5) is 0 Å². The summed E-state index contributed by atoms with van der Waals surface area (Å²) in [6.07, 6.45) is 2.11. The van der Waals surface area contributed by atoms with Crippen LogP contribution in [-0.2, 0) is 22.5 Å². The number of nitrogens with one attached hydrogen (secondary N) is 1. The van der Waals surface area contributed by atoms with E-state index in [1.54, 1.807) is 20.8 Å². The molecule has 6 heteroatoms. The molecule has 0 radical (unpaired) electrons. The zero-order valence-electron chi connectivity index (χ0n) is 11.8. The molecular weight excluding hydrogens is 248 g/mol. The lowest BCUT2D eigenvalue weighted by molar-refractivity contribution is -0.155. The molecule has 0 bridgehead atoms. The van der Waals surface area contributed by atoms with E-state index in [1.807, 2.05) is 6.92 Å². The molecule has 6 nitrogen and oxygen atoms in total. The van der Waals surface area contributed by atoms with Gasteiger partial charge >= 0.3 is 11.7 Å². The predicted molar refractivity (Wildman–Crippen MR) is 71.2 cm³/mol. The van der Waals surface area contributed by atoms with E-state index in [9.17, 15) is 14.4 Å². The topological polar surface area (TPSA) is 81.2 Å². The number of aromatic amines is 1. The minimum atomic E-state index is -0.540. The molecule has 1 heterocycles. The molecule has 0 saturated carbocycles. The van der Waals surface area contributed by atoms with Crippen LogP contribution in [0.15, 0.2) is 15.8 Å². The van der Waals surface area contributed by atoms with E-state index in [0.29, 0.717) is 12.0 Å². The number of aromatic nitrogens is 2. The Balaban J connectivity index is 2.76. The summed E-state index contributed by atoms with van der Waals surface area (Å²) >= 11 is 0. The van der Waals surface area contributed by atoms with Crippen LogP contribution >= 0.6 is 0 Å². The van der Waals surface area contributed by atoms with Crippen LogP contribution in [0, 0.1) is 0 Å². The van der Waals surface area contributed by atoms with Crippen molar-refractivity contribution in [3.63, 3.8) is 0 Å². The van der Waals surface area contributed by atoms with E-state index >= 15 is 0 Å². The molecule has 1 N–H and O–H groups in total. The van der Waals surface area contributed by atoms with Gasteiger partial charge in [-0.15, -0.1) is 0 Å². The molecule has 1 aromatic rings. The summed E-state index contributed by atoms with van der Waals surface area (Å²) in [5.41, 5.74) is -0.905. The number of ether oxygens (including phenoxy) is 1. The van der Waals surface area contributed by atoms with Gasteiger partial charge in [0.15, 0.2) is 0 Å². The molecule has 0 spiro atoms. The van der Waals surface area contributed by atoms with Crippen molar-refractivity contribution in [1.82, 2.24) is 9.55 Å². The molecule has 0 saturated heterocycles. The molecule has 0 atom stereocenters.